The van der Waals surface area contributed by atoms with Gasteiger partial charge in [0.2, 0.25) is 0 Å². The average molecular weight is 184 g/mol. The second-order valence-electron chi connectivity index (χ2n) is 3.15. The molecule has 2 rings (SSSR count). The van der Waals surface area contributed by atoms with Crippen molar-refractivity contribution in [3.05, 3.63) is 60.2 Å². The monoisotopic (exact) mass is 184 g/mol. The first-order valence-electron chi connectivity index (χ1n) is 5.18. The molecule has 0 aliphatic heterocycles. The molecule has 0 saturated carbocycles. The van der Waals surface area contributed by atoms with Crippen molar-refractivity contribution >= 4 is 0 Å². The highest BCUT2D eigenvalue weighted by molar-refractivity contribution is 5.63. The Kier molecular flexibility index (Phi) is 2.26. The Balaban J connectivity index is 2.32. The molecule has 2 N–H and O–H groups in total. The van der Waals surface area contributed by atoms with Gasteiger partial charge in [0, 0.05) is 7.89 Å². The Morgan fingerprint density at radius 2 is 1.43 bits per heavy atom. The number of hydrogen-bond acceptors (Lipinski definition) is 1. The van der Waals surface area contributed by atoms with Crippen molar-refractivity contribution < 1.29 is 1.37 Å². The van der Waals surface area contributed by atoms with E-state index < -0.39 is 6.52 Å². The minimum atomic E-state index is -0.644. The fourth-order valence-electron chi connectivity index (χ4n) is 1.42. The van der Waals surface area contributed by atoms with Gasteiger partial charge in [-0.3, -0.25) is 0 Å². The molecule has 2 aromatic rings. The summed E-state index contributed by atoms with van der Waals surface area (Å²) >= 11 is 0. The molecule has 0 spiro atoms. The first-order chi connectivity index (χ1) is 7.27. The number of benzene rings is 2. The highest BCUT2D eigenvalue weighted by Crippen LogP contribution is 2.18. The molecule has 2 aromatic carbocycles. The first-order valence-corrected chi connectivity index (χ1v) is 4.60. The van der Waals surface area contributed by atoms with E-state index in [9.17, 15) is 0 Å². The van der Waals surface area contributed by atoms with Crippen LogP contribution in [0.3, 0.4) is 0 Å². The molecule has 14 heavy (non-hydrogen) atoms. The predicted molar refractivity (Wildman–Crippen MR) is 59.8 cm³/mol. The molecule has 0 amide bonds. The minimum Gasteiger partial charge on any atom is -0.326 e. The Labute approximate surface area is 85.6 Å². The molecule has 0 unspecified atom stereocenters. The van der Waals surface area contributed by atoms with E-state index in [1.807, 2.05) is 42.5 Å². The van der Waals surface area contributed by atoms with E-state index in [1.54, 1.807) is 0 Å². The molecule has 0 heterocycles. The van der Waals surface area contributed by atoms with Gasteiger partial charge in [0.15, 0.2) is 0 Å². The summed E-state index contributed by atoms with van der Waals surface area (Å²) in [4.78, 5) is 0. The van der Waals surface area contributed by atoms with Gasteiger partial charge in [-0.1, -0.05) is 54.6 Å². The average Bonchev–Trinajstić information content (AvgIpc) is 2.30. The van der Waals surface area contributed by atoms with Crippen LogP contribution in [0.5, 0.6) is 0 Å². The lowest BCUT2D eigenvalue weighted by Crippen LogP contribution is -1.95. The smallest absolute Gasteiger partial charge is 0.0477 e. The second kappa shape index (κ2) is 4.07. The zero-order chi connectivity index (χ0) is 10.7. The molecular weight excluding hydrogens is 170 g/mol. The zero-order valence-corrected chi connectivity index (χ0v) is 7.85. The summed E-state index contributed by atoms with van der Waals surface area (Å²) in [6.07, 6.45) is 0. The van der Waals surface area contributed by atoms with Crippen LogP contribution in [-0.2, 0) is 6.52 Å². The first kappa shape index (κ1) is 7.77. The third-order valence-electron chi connectivity index (χ3n) is 2.21. The highest BCUT2D eigenvalue weighted by atomic mass is 14.5. The zero-order valence-electron chi connectivity index (χ0n) is 8.85. The molecule has 1 atom stereocenters. The maximum Gasteiger partial charge on any atom is 0.0477 e. The predicted octanol–water partition coefficient (Wildman–Crippen LogP) is 2.81. The third-order valence-corrected chi connectivity index (χ3v) is 2.21. The molecule has 0 radical (unpaired) electrons. The number of rotatable bonds is 2. The molecule has 0 fully saturated rings. The Morgan fingerprint density at radius 3 is 2.00 bits per heavy atom. The van der Waals surface area contributed by atoms with E-state index in [4.69, 9.17) is 7.10 Å². The summed E-state index contributed by atoms with van der Waals surface area (Å²) in [6.45, 7) is -0.644. The van der Waals surface area contributed by atoms with E-state index in [2.05, 4.69) is 12.1 Å². The summed E-state index contributed by atoms with van der Waals surface area (Å²) in [7, 11) is 0. The number of nitrogens with two attached hydrogens (primary N) is 1. The lowest BCUT2D eigenvalue weighted by atomic mass is 10.0. The van der Waals surface area contributed by atoms with E-state index in [1.165, 1.54) is 5.56 Å². The van der Waals surface area contributed by atoms with Crippen molar-refractivity contribution in [2.24, 2.45) is 5.73 Å². The van der Waals surface area contributed by atoms with Crippen LogP contribution >= 0.6 is 0 Å². The van der Waals surface area contributed by atoms with E-state index in [-0.39, 0.29) is 0 Å². The Bertz CT molecular complexity index is 420. The van der Waals surface area contributed by atoms with Crippen LogP contribution < -0.4 is 5.73 Å². The summed E-state index contributed by atoms with van der Waals surface area (Å²) in [5.41, 5.74) is 8.65. The van der Waals surface area contributed by atoms with Gasteiger partial charge in [-0.2, -0.15) is 0 Å². The van der Waals surface area contributed by atoms with Crippen molar-refractivity contribution in [2.75, 3.05) is 0 Å². The third kappa shape index (κ3) is 1.83. The van der Waals surface area contributed by atoms with Gasteiger partial charge in [-0.05, 0) is 16.7 Å². The molecule has 0 saturated heterocycles. The normalized spacial score (nSPS) is 13.4. The summed E-state index contributed by atoms with van der Waals surface area (Å²) in [5.74, 6) is 0. The van der Waals surface area contributed by atoms with Gasteiger partial charge >= 0.3 is 0 Å². The van der Waals surface area contributed by atoms with Crippen LogP contribution in [0.1, 0.15) is 6.93 Å². The topological polar surface area (TPSA) is 26.0 Å². The van der Waals surface area contributed by atoms with Gasteiger partial charge in [0.25, 0.3) is 0 Å². The van der Waals surface area contributed by atoms with Crippen LogP contribution in [0, 0.1) is 0 Å². The summed E-state index contributed by atoms with van der Waals surface area (Å²) < 4.78 is 7.37. The summed E-state index contributed by atoms with van der Waals surface area (Å²) in [5, 5.41) is 0. The Hall–Kier alpha value is -1.60. The minimum absolute atomic E-state index is 0.644. The molecule has 0 aliphatic rings. The molecule has 1 nitrogen and oxygen atoms in total. The molecule has 0 aliphatic carbocycles. The van der Waals surface area contributed by atoms with Crippen LogP contribution in [-0.4, -0.2) is 0 Å². The largest absolute Gasteiger partial charge is 0.326 e. The molecule has 0 aromatic heterocycles. The highest BCUT2D eigenvalue weighted by Gasteiger charge is 1.95. The summed E-state index contributed by atoms with van der Waals surface area (Å²) in [6, 6.07) is 18.0. The molecule has 0 bridgehead atoms. The number of hydrogen-bond donors (Lipinski definition) is 1. The molecular formula is C13H13N. The Morgan fingerprint density at radius 1 is 0.857 bits per heavy atom. The van der Waals surface area contributed by atoms with Gasteiger partial charge in [-0.25, -0.2) is 0 Å². The fraction of sp³-hybridized carbons (Fsp3) is 0.0769. The van der Waals surface area contributed by atoms with Crippen molar-refractivity contribution in [1.82, 2.24) is 0 Å². The van der Waals surface area contributed by atoms with Crippen LogP contribution in [0.4, 0.5) is 0 Å². The van der Waals surface area contributed by atoms with Gasteiger partial charge < -0.3 is 5.73 Å². The van der Waals surface area contributed by atoms with E-state index in [0.717, 1.165) is 11.1 Å². The maximum atomic E-state index is 7.37. The second-order valence-corrected chi connectivity index (χ2v) is 3.15. The van der Waals surface area contributed by atoms with E-state index >= 15 is 0 Å². The lowest BCUT2D eigenvalue weighted by Gasteiger charge is -2.02. The van der Waals surface area contributed by atoms with Crippen LogP contribution in [0.2, 0.25) is 0 Å². The fourth-order valence-corrected chi connectivity index (χ4v) is 1.42. The van der Waals surface area contributed by atoms with Crippen molar-refractivity contribution in [2.45, 2.75) is 6.52 Å². The molecule has 70 valence electrons. The molecule has 1 heteroatoms. The standard InChI is InChI=1S/C13H13N/c14-10-11-6-8-13(9-7-11)12-4-2-1-3-5-12/h1-9H,10,14H2/i10D/t10-/m0/s1. The maximum absolute atomic E-state index is 7.37. The van der Waals surface area contributed by atoms with Gasteiger partial charge in [0.1, 0.15) is 0 Å². The van der Waals surface area contributed by atoms with Crippen molar-refractivity contribution in [3.63, 3.8) is 0 Å². The lowest BCUT2D eigenvalue weighted by molar-refractivity contribution is 1.07. The van der Waals surface area contributed by atoms with Crippen LogP contribution in [0.15, 0.2) is 54.6 Å². The quantitative estimate of drug-likeness (QED) is 0.763. The van der Waals surface area contributed by atoms with Gasteiger partial charge in [0.05, 0.1) is 0 Å². The van der Waals surface area contributed by atoms with Gasteiger partial charge in [-0.15, -0.1) is 0 Å². The van der Waals surface area contributed by atoms with Crippen LogP contribution in [0.25, 0.3) is 11.1 Å². The SMILES string of the molecule is [2H][C@H](N)c1ccc(-c2ccccc2)cc1. The van der Waals surface area contributed by atoms with E-state index in [0.29, 0.717) is 0 Å². The van der Waals surface area contributed by atoms with Crippen molar-refractivity contribution in [1.29, 1.82) is 0 Å². The van der Waals surface area contributed by atoms with Crippen molar-refractivity contribution in [3.8, 4) is 11.1 Å².